The number of carbonyl (C=O) groups is 4. The minimum atomic E-state index is -4.85. The van der Waals surface area contributed by atoms with E-state index in [1.165, 1.54) is 20.9 Å². The topological polar surface area (TPSA) is 393 Å². The third kappa shape index (κ3) is 29.3. The van der Waals surface area contributed by atoms with Crippen molar-refractivity contribution in [3.05, 3.63) is 137 Å². The number of nitrogens with two attached hydrogens (primary N) is 3. The summed E-state index contributed by atoms with van der Waals surface area (Å²) in [6, 6.07) is 15.8. The second kappa shape index (κ2) is 42.8. The normalized spacial score (nSPS) is 15.6. The van der Waals surface area contributed by atoms with Crippen molar-refractivity contribution >= 4 is 110 Å². The number of likely N-dealkylation sites (tertiary alicyclic amines) is 1. The van der Waals surface area contributed by atoms with Crippen LogP contribution in [0, 0.1) is 10.8 Å². The van der Waals surface area contributed by atoms with E-state index in [1.54, 1.807) is 68.3 Å². The number of nitrogens with one attached hydrogen (secondary N) is 2. The Morgan fingerprint density at radius 3 is 1.44 bits per heavy atom. The highest BCUT2D eigenvalue weighted by molar-refractivity contribution is 5.86. The SMILES string of the molecule is C.CC(C)(C)ON=O.CC(C)CN1CCC(N(C)C(=O)Cn2cc(Nc3nc4c(C5=CCN(C(=O)CCC(F)(F)F)CC5)cccn4n3)cn2)CC1.CN1CC=C(c2cccn3nc(N)nc23)CC1.Cl.Nc1nc2c(C3=CCN(C(=O)CCC(F)(F)F)CC3)cccn2n1.Nc1nc2c(C3=CCNCC3)cccn2n1.O=C(O)COC(F)(F)F. The number of hydrogen-bond acceptors (Lipinski definition) is 24. The summed E-state index contributed by atoms with van der Waals surface area (Å²) in [5.74, 6) is -0.806. The van der Waals surface area contributed by atoms with Gasteiger partial charge in [0.1, 0.15) is 12.1 Å². The molecule has 0 aliphatic carbocycles. The number of carbonyl (C=O) groups excluding carboxylic acids is 3. The van der Waals surface area contributed by atoms with Crippen molar-refractivity contribution in [1.29, 1.82) is 0 Å². The van der Waals surface area contributed by atoms with Crippen molar-refractivity contribution in [2.75, 3.05) is 115 Å². The number of carboxylic acids is 1. The highest BCUT2D eigenvalue weighted by Crippen LogP contribution is 2.32. The number of carboxylic acid groups (broad SMARTS) is 1. The van der Waals surface area contributed by atoms with E-state index >= 15 is 0 Å². The van der Waals surface area contributed by atoms with E-state index in [4.69, 9.17) is 22.3 Å². The van der Waals surface area contributed by atoms with E-state index in [0.717, 1.165) is 116 Å². The molecule has 9 N–H and O–H groups in total. The van der Waals surface area contributed by atoms with Crippen LogP contribution in [0.15, 0.2) is 115 Å². The molecule has 43 heteroatoms. The molecule has 648 valence electrons. The first-order chi connectivity index (χ1) is 55.3. The molecule has 14 rings (SSSR count). The standard InChI is InChI=1S/C30H40F3N9O2.C15H16F3N5O.C12H15N5.C11H13N5.C4H9NO2.C3H3F3O3.CH4.ClH/c1-21(2)18-39-13-9-24(10-14-39)38(3)27(44)20-41-19-23(17-34-41)35-29-36-28-25(5-4-12-42(28)37-29)22-7-15-40(16-8-22)26(43)6-11-30(31,32)33;16-15(17,18)6-3-12(24)22-8-4-10(5-9-22)11-2-1-7-23-13(11)20-14(19)21-23;1-16-7-4-9(5-8-16)10-3-2-6-17-11(10)14-12(13)15-17;12-11-14-10-9(2-1-7-16(10)15-11)8-3-5-13-6-4-8;1-4(2,3)7-5-6;4-3(5,6)9-1-2(7)8;;/h4-5,7,12,17,19,21,24H,6,8-11,13-16,18,20H2,1-3H3,(H,35,37);1-2,4,7H,3,5-6,8-9H2,(H2,19,21);2-4,6H,5,7-8H2,1H3,(H2,13,15);1-3,7,13H,4-6H2,(H2,12,15);1-3H3;1H2,(H,7,8);1H4;1H. The lowest BCUT2D eigenvalue weighted by Gasteiger charge is -2.37. The van der Waals surface area contributed by atoms with Crippen LogP contribution < -0.4 is 27.8 Å². The second-order valence-corrected chi connectivity index (χ2v) is 29.3. The molecule has 0 saturated carbocycles. The molecular formula is C76H101ClF9N25O8. The maximum absolute atomic E-state index is 13.0. The molecule has 5 aliphatic rings. The average molecular weight is 1700 g/mol. The molecule has 0 unspecified atom stereocenters. The Morgan fingerprint density at radius 1 is 0.639 bits per heavy atom. The summed E-state index contributed by atoms with van der Waals surface area (Å²) in [7, 11) is 4.00. The number of hydrogen-bond donors (Lipinski definition) is 6. The van der Waals surface area contributed by atoms with Crippen LogP contribution in [-0.2, 0) is 35.3 Å². The number of amides is 3. The van der Waals surface area contributed by atoms with Gasteiger partial charge >= 0.3 is 24.7 Å². The number of anilines is 5. The number of halogens is 10. The molecular weight excluding hydrogens is 1600 g/mol. The third-order valence-corrected chi connectivity index (χ3v) is 18.7. The number of piperidine rings is 1. The molecule has 1 saturated heterocycles. The van der Waals surface area contributed by atoms with Crippen molar-refractivity contribution in [3.8, 4) is 0 Å². The number of aromatic nitrogens is 14. The predicted molar refractivity (Wildman–Crippen MR) is 433 cm³/mol. The minimum Gasteiger partial charge on any atom is -0.480 e. The van der Waals surface area contributed by atoms with E-state index in [1.807, 2.05) is 72.9 Å². The van der Waals surface area contributed by atoms with Gasteiger partial charge in [0.15, 0.2) is 34.5 Å². The van der Waals surface area contributed by atoms with Crippen LogP contribution in [0.1, 0.15) is 129 Å². The molecule has 0 aromatic carbocycles. The van der Waals surface area contributed by atoms with Crippen LogP contribution in [-0.4, -0.2) is 245 Å². The fourth-order valence-corrected chi connectivity index (χ4v) is 13.1. The number of likely N-dealkylation sites (N-methyl/N-ethyl adjacent to an activating group) is 2. The zero-order chi connectivity index (χ0) is 84.9. The maximum Gasteiger partial charge on any atom is 0.523 e. The van der Waals surface area contributed by atoms with Gasteiger partial charge in [-0.05, 0) is 150 Å². The molecule has 1 fully saturated rings. The maximum atomic E-state index is 13.0. The van der Waals surface area contributed by atoms with Gasteiger partial charge in [0.2, 0.25) is 41.5 Å². The number of nitrogen functional groups attached to an aromatic ring is 3. The molecule has 3 amide bonds. The van der Waals surface area contributed by atoms with Crippen LogP contribution in [0.5, 0.6) is 0 Å². The summed E-state index contributed by atoms with van der Waals surface area (Å²) < 4.78 is 118. The average Bonchev–Trinajstić information content (AvgIpc) is 1.58. The monoisotopic (exact) mass is 1700 g/mol. The quantitative estimate of drug-likeness (QED) is 0.0264. The first-order valence-electron chi connectivity index (χ1n) is 37.6. The van der Waals surface area contributed by atoms with Crippen molar-refractivity contribution < 1.29 is 73.4 Å². The van der Waals surface area contributed by atoms with Crippen LogP contribution in [0.4, 0.5) is 69.0 Å². The molecule has 14 heterocycles. The Morgan fingerprint density at radius 2 is 1.08 bits per heavy atom. The number of aliphatic carboxylic acids is 1. The van der Waals surface area contributed by atoms with E-state index in [0.29, 0.717) is 66.7 Å². The predicted octanol–water partition coefficient (Wildman–Crippen LogP) is 11.3. The fourth-order valence-electron chi connectivity index (χ4n) is 13.1. The number of rotatable bonds is 18. The van der Waals surface area contributed by atoms with Gasteiger partial charge in [0, 0.05) is 145 Å². The largest absolute Gasteiger partial charge is 0.523 e. The van der Waals surface area contributed by atoms with Gasteiger partial charge in [0.05, 0.1) is 24.7 Å². The first kappa shape index (κ1) is 94.8. The van der Waals surface area contributed by atoms with Crippen molar-refractivity contribution in [3.63, 3.8) is 0 Å². The van der Waals surface area contributed by atoms with Crippen LogP contribution >= 0.6 is 12.4 Å². The molecule has 119 heavy (non-hydrogen) atoms. The number of alkyl halides is 9. The molecule has 9 aromatic heterocycles. The summed E-state index contributed by atoms with van der Waals surface area (Å²) >= 11 is 0. The third-order valence-electron chi connectivity index (χ3n) is 18.7. The highest BCUT2D eigenvalue weighted by Gasteiger charge is 2.33. The lowest BCUT2D eigenvalue weighted by atomic mass is 10.00. The summed E-state index contributed by atoms with van der Waals surface area (Å²) in [6.45, 7) is 16.9. The zero-order valence-corrected chi connectivity index (χ0v) is 66.9. The number of ether oxygens (including phenoxy) is 1. The van der Waals surface area contributed by atoms with Gasteiger partial charge in [-0.3, -0.25) is 23.8 Å². The van der Waals surface area contributed by atoms with Gasteiger partial charge in [-0.1, -0.05) is 45.6 Å². The van der Waals surface area contributed by atoms with Gasteiger partial charge in [-0.15, -0.1) is 50.9 Å². The van der Waals surface area contributed by atoms with Gasteiger partial charge in [-0.2, -0.15) is 51.4 Å². The highest BCUT2D eigenvalue weighted by atomic mass is 35.5. The van der Waals surface area contributed by atoms with Crippen molar-refractivity contribution in [1.82, 2.24) is 98.0 Å². The van der Waals surface area contributed by atoms with Gasteiger partial charge in [0.25, 0.3) is 0 Å². The van der Waals surface area contributed by atoms with E-state index < -0.39 is 74.4 Å². The lowest BCUT2D eigenvalue weighted by molar-refractivity contribution is -0.322. The van der Waals surface area contributed by atoms with Crippen LogP contribution in [0.25, 0.3) is 44.9 Å². The second-order valence-electron chi connectivity index (χ2n) is 29.3. The Kier molecular flexibility index (Phi) is 34.1. The fraction of sp³-hybridized carbons (Fsp3) is 0.487. The van der Waals surface area contributed by atoms with Crippen LogP contribution in [0.2, 0.25) is 0 Å². The molecule has 33 nitrogen and oxygen atoms in total. The number of fused-ring (bicyclic) bond motifs is 4. The summed E-state index contributed by atoms with van der Waals surface area (Å²) in [5.41, 5.74) is 28.6. The summed E-state index contributed by atoms with van der Waals surface area (Å²) in [6.07, 6.45) is 7.07. The Balaban J connectivity index is 0.000000219. The number of nitrogens with zero attached hydrogens (tertiary/aromatic N) is 20. The summed E-state index contributed by atoms with van der Waals surface area (Å²) in [4.78, 5) is 87.0. The van der Waals surface area contributed by atoms with Crippen LogP contribution in [0.3, 0.4) is 0 Å². The zero-order valence-electron chi connectivity index (χ0n) is 66.1. The number of pyridine rings is 4. The van der Waals surface area contributed by atoms with E-state index in [-0.39, 0.29) is 57.4 Å². The van der Waals surface area contributed by atoms with E-state index in [9.17, 15) is 63.6 Å². The first-order valence-corrected chi connectivity index (χ1v) is 37.6. The Hall–Kier alpha value is -11.4. The molecule has 0 radical (unpaired) electrons. The van der Waals surface area contributed by atoms with E-state index in [2.05, 4.69) is 126 Å². The molecule has 0 atom stereocenters. The van der Waals surface area contributed by atoms with Gasteiger partial charge in [-0.25, -0.2) is 22.9 Å². The molecule has 9 aromatic rings. The molecule has 0 bridgehead atoms. The Bertz CT molecular complexity index is 5000. The summed E-state index contributed by atoms with van der Waals surface area (Å²) in [5, 5.41) is 37.5. The smallest absolute Gasteiger partial charge is 0.480 e. The van der Waals surface area contributed by atoms with Crippen molar-refractivity contribution in [2.45, 2.75) is 143 Å². The van der Waals surface area contributed by atoms with Gasteiger partial charge < -0.3 is 62.3 Å². The molecule has 5 aliphatic heterocycles. The van der Waals surface area contributed by atoms with Crippen molar-refractivity contribution in [2.24, 2.45) is 11.3 Å². The lowest BCUT2D eigenvalue weighted by Crippen LogP contribution is -2.47. The Labute approximate surface area is 685 Å². The minimum absolute atomic E-state index is 0. The molecule has 0 spiro atoms.